The zero-order chi connectivity index (χ0) is 31.3. The van der Waals surface area contributed by atoms with Crippen molar-refractivity contribution in [1.82, 2.24) is 0 Å². The summed E-state index contributed by atoms with van der Waals surface area (Å²) >= 11 is 0. The number of epoxide rings is 6. The number of hydrogen-bond donors (Lipinski definition) is 0. The van der Waals surface area contributed by atoms with Gasteiger partial charge in [0, 0.05) is 0 Å². The molecule has 48 heavy (non-hydrogen) atoms. The van der Waals surface area contributed by atoms with E-state index in [9.17, 15) is 0 Å². The lowest BCUT2D eigenvalue weighted by molar-refractivity contribution is 0.346. The van der Waals surface area contributed by atoms with Gasteiger partial charge in [-0.05, 0) is 95.3 Å². The summed E-state index contributed by atoms with van der Waals surface area (Å²) in [5.41, 5.74) is 0. The van der Waals surface area contributed by atoms with Crippen LogP contribution in [0.3, 0.4) is 0 Å². The first-order valence-corrected chi connectivity index (χ1v) is 19.2. The van der Waals surface area contributed by atoms with Crippen LogP contribution < -0.4 is 0 Å². The molecule has 12 unspecified atom stereocenters. The van der Waals surface area contributed by atoms with Crippen molar-refractivity contribution in [2.24, 2.45) is 17.8 Å². The van der Waals surface area contributed by atoms with Crippen molar-refractivity contribution in [3.8, 4) is 0 Å². The van der Waals surface area contributed by atoms with Crippen LogP contribution >= 0.6 is 0 Å². The molecule has 6 nitrogen and oxygen atoms in total. The van der Waals surface area contributed by atoms with Crippen LogP contribution in [0.4, 0.5) is 0 Å². The minimum atomic E-state index is 0. The highest BCUT2D eigenvalue weighted by Crippen LogP contribution is 2.42. The van der Waals surface area contributed by atoms with Gasteiger partial charge in [0.15, 0.2) is 0 Å². The molecule has 6 heteroatoms. The van der Waals surface area contributed by atoms with Gasteiger partial charge in [0.25, 0.3) is 0 Å². The Morgan fingerprint density at radius 2 is 0.896 bits per heavy atom. The van der Waals surface area contributed by atoms with Crippen LogP contribution in [0.15, 0.2) is 0 Å². The molecule has 3 aliphatic carbocycles. The minimum absolute atomic E-state index is 0. The average molecular weight is 687 g/mol. The Kier molecular flexibility index (Phi) is 25.5. The molecule has 3 saturated carbocycles. The highest BCUT2D eigenvalue weighted by molar-refractivity contribution is 4.92. The van der Waals surface area contributed by atoms with E-state index in [1.165, 1.54) is 109 Å². The van der Waals surface area contributed by atoms with Crippen LogP contribution in [0.1, 0.15) is 180 Å². The van der Waals surface area contributed by atoms with Gasteiger partial charge in [-0.25, -0.2) is 0 Å². The van der Waals surface area contributed by atoms with E-state index in [0.29, 0.717) is 54.9 Å². The molecular weight excluding hydrogens is 600 g/mol. The molecule has 9 aliphatic rings. The van der Waals surface area contributed by atoms with Crippen molar-refractivity contribution in [3.05, 3.63) is 0 Å². The highest BCUT2D eigenvalue weighted by atomic mass is 16.6. The number of fused-ring (bicyclic) bond motifs is 3. The first-order chi connectivity index (χ1) is 21.4. The van der Waals surface area contributed by atoms with Crippen molar-refractivity contribution in [3.63, 3.8) is 0 Å². The van der Waals surface area contributed by atoms with Crippen molar-refractivity contribution >= 4 is 0 Å². The van der Waals surface area contributed by atoms with Gasteiger partial charge >= 0.3 is 0 Å². The van der Waals surface area contributed by atoms with Crippen LogP contribution in [0.25, 0.3) is 0 Å². The van der Waals surface area contributed by atoms with Gasteiger partial charge in [0.05, 0.1) is 74.8 Å². The minimum Gasteiger partial charge on any atom is -0.373 e. The second-order valence-electron chi connectivity index (χ2n) is 15.1. The molecule has 0 amide bonds. The summed E-state index contributed by atoms with van der Waals surface area (Å²) in [4.78, 5) is 0. The van der Waals surface area contributed by atoms with E-state index in [-0.39, 0.29) is 29.7 Å². The molecule has 6 aliphatic heterocycles. The average Bonchev–Trinajstić information content (AvgIpc) is 3.83. The van der Waals surface area contributed by atoms with E-state index < -0.39 is 0 Å². The Morgan fingerprint density at radius 3 is 1.25 bits per heavy atom. The smallest absolute Gasteiger partial charge is 0.0844 e. The number of rotatable bonds is 8. The van der Waals surface area contributed by atoms with Crippen LogP contribution in [0.5, 0.6) is 0 Å². The lowest BCUT2D eigenvalue weighted by Crippen LogP contribution is -2.12. The lowest BCUT2D eigenvalue weighted by Gasteiger charge is -2.17. The van der Waals surface area contributed by atoms with Crippen molar-refractivity contribution in [1.29, 1.82) is 0 Å². The molecule has 9 fully saturated rings. The maximum absolute atomic E-state index is 5.49. The third kappa shape index (κ3) is 21.2. The van der Waals surface area contributed by atoms with Crippen molar-refractivity contribution < 1.29 is 28.4 Å². The third-order valence-corrected chi connectivity index (χ3v) is 10.7. The molecule has 0 bridgehead atoms. The number of hydrogen-bond acceptors (Lipinski definition) is 6. The van der Waals surface area contributed by atoms with E-state index in [4.69, 9.17) is 28.4 Å². The third-order valence-electron chi connectivity index (χ3n) is 10.7. The van der Waals surface area contributed by atoms with Gasteiger partial charge in [0.2, 0.25) is 0 Å². The molecule has 6 saturated heterocycles. The monoisotopic (exact) mass is 687 g/mol. The van der Waals surface area contributed by atoms with Crippen LogP contribution in [0.2, 0.25) is 0 Å². The molecule has 0 aromatic heterocycles. The standard InChI is InChI=1S/C10H18O.C8H14O.C7H12O.C6H12O.C4H8O.C3H6O.4CH4/c1-2-3-4-8-5-6-9-10(7-8)11-9;1-2-6-3-4-7-8(5-6)9-7;1-5-2-3-6-7(4-5)8-6;1-2-3-4-6-5-7-6;1-2-4-3-5-4;1-3-2-4-3;;;;/h8-10H,2-7H2,1H3;6-8H,2-5H2,1H3;5-7H,2-4H2,1H3;6H,2-5H2,1H3;4H,2-3H2,1H3;3H,2H2,1H3;4*1H4. The fourth-order valence-corrected chi connectivity index (χ4v) is 6.77. The fraction of sp³-hybridized carbons (Fsp3) is 1.00. The summed E-state index contributed by atoms with van der Waals surface area (Å²) in [6.45, 7) is 16.3. The van der Waals surface area contributed by atoms with Gasteiger partial charge in [0.1, 0.15) is 0 Å². The number of ether oxygens (including phenoxy) is 6. The quantitative estimate of drug-likeness (QED) is 0.237. The lowest BCUT2D eigenvalue weighted by atomic mass is 9.86. The van der Waals surface area contributed by atoms with Gasteiger partial charge in [-0.1, -0.05) is 103 Å². The van der Waals surface area contributed by atoms with E-state index >= 15 is 0 Å². The predicted octanol–water partition coefficient (Wildman–Crippen LogP) is 11.6. The van der Waals surface area contributed by atoms with Crippen molar-refractivity contribution in [2.45, 2.75) is 235 Å². The molecule has 290 valence electrons. The maximum atomic E-state index is 5.49. The summed E-state index contributed by atoms with van der Waals surface area (Å²) in [5.74, 6) is 2.91. The Bertz CT molecular complexity index is 752. The first-order valence-electron chi connectivity index (χ1n) is 19.2. The Labute approximate surface area is 300 Å². The summed E-state index contributed by atoms with van der Waals surface area (Å²) < 4.78 is 30.8. The maximum Gasteiger partial charge on any atom is 0.0844 e. The normalized spacial score (nSPS) is 38.4. The van der Waals surface area contributed by atoms with Crippen LogP contribution in [-0.4, -0.2) is 74.8 Å². The molecule has 12 atom stereocenters. The second kappa shape index (κ2) is 25.7. The molecule has 0 N–H and O–H groups in total. The summed E-state index contributed by atoms with van der Waals surface area (Å²) in [6, 6.07) is 0. The SMILES string of the molecule is C.C.C.C.CC1CCC2OC2C1.CC1CO1.CCC1CCC2OC2C1.CCC1CO1.CCCCC1CCC2OC2C1.CCCCC1CO1. The van der Waals surface area contributed by atoms with E-state index in [0.717, 1.165) is 37.6 Å². The van der Waals surface area contributed by atoms with Crippen molar-refractivity contribution in [2.75, 3.05) is 19.8 Å². The molecule has 0 radical (unpaired) electrons. The Hall–Kier alpha value is -0.240. The van der Waals surface area contributed by atoms with E-state index in [1.807, 2.05) is 0 Å². The Morgan fingerprint density at radius 1 is 0.458 bits per heavy atom. The van der Waals surface area contributed by atoms with Gasteiger partial charge in [-0.2, -0.15) is 0 Å². The van der Waals surface area contributed by atoms with Gasteiger partial charge < -0.3 is 28.4 Å². The molecule has 0 aromatic rings. The fourth-order valence-electron chi connectivity index (χ4n) is 6.77. The zero-order valence-electron chi connectivity index (χ0n) is 29.5. The predicted molar refractivity (Wildman–Crippen MR) is 205 cm³/mol. The van der Waals surface area contributed by atoms with E-state index in [2.05, 4.69) is 41.5 Å². The molecule has 0 aromatic carbocycles. The number of unbranched alkanes of at least 4 members (excludes halogenated alkanes) is 2. The molecule has 0 spiro atoms. The van der Waals surface area contributed by atoms with Gasteiger partial charge in [-0.15, -0.1) is 0 Å². The molecule has 6 heterocycles. The van der Waals surface area contributed by atoms with Gasteiger partial charge in [-0.3, -0.25) is 0 Å². The highest BCUT2D eigenvalue weighted by Gasteiger charge is 2.44. The Balaban J connectivity index is 0.000000556. The molecular formula is C42H86O6. The van der Waals surface area contributed by atoms with Crippen LogP contribution in [-0.2, 0) is 28.4 Å². The van der Waals surface area contributed by atoms with Crippen LogP contribution in [0, 0.1) is 17.8 Å². The summed E-state index contributed by atoms with van der Waals surface area (Å²) in [6.07, 6.45) is 29.0. The molecule has 9 rings (SSSR count). The zero-order valence-corrected chi connectivity index (χ0v) is 29.5. The van der Waals surface area contributed by atoms with E-state index in [1.54, 1.807) is 0 Å². The second-order valence-corrected chi connectivity index (χ2v) is 15.1. The first kappa shape index (κ1) is 47.8. The summed E-state index contributed by atoms with van der Waals surface area (Å²) in [5, 5.41) is 0. The largest absolute Gasteiger partial charge is 0.373 e. The topological polar surface area (TPSA) is 75.2 Å². The summed E-state index contributed by atoms with van der Waals surface area (Å²) in [7, 11) is 0.